The minimum absolute atomic E-state index is 1.19. The summed E-state index contributed by atoms with van der Waals surface area (Å²) in [5, 5.41) is 0. The zero-order valence-corrected chi connectivity index (χ0v) is 8.07. The van der Waals surface area contributed by atoms with E-state index in [0.29, 0.717) is 0 Å². The molecule has 0 radical (unpaired) electrons. The number of halogens is 2. The van der Waals surface area contributed by atoms with E-state index in [1.165, 1.54) is 20.9 Å². The summed E-state index contributed by atoms with van der Waals surface area (Å²) >= 11 is 5.77. The van der Waals surface area contributed by atoms with Crippen molar-refractivity contribution in [1.29, 1.82) is 0 Å². The predicted octanol–water partition coefficient (Wildman–Crippen LogP) is 3.38. The molecule has 0 amide bonds. The minimum Gasteiger partial charge on any atom is -0.0699 e. The third-order valence-corrected chi connectivity index (χ3v) is 2.42. The van der Waals surface area contributed by atoms with Crippen molar-refractivity contribution in [2.24, 2.45) is 0 Å². The van der Waals surface area contributed by atoms with E-state index in [2.05, 4.69) is 50.7 Å². The van der Waals surface area contributed by atoms with Gasteiger partial charge in [-0.2, -0.15) is 0 Å². The maximum atomic E-state index is 3.41. The highest BCUT2D eigenvalue weighted by Crippen LogP contribution is 2.24. The Balaban J connectivity index is 2.69. The Morgan fingerprint density at radius 3 is 2.75 bits per heavy atom. The lowest BCUT2D eigenvalue weighted by molar-refractivity contribution is 1.03. The number of allylic oxidation sites excluding steroid dienone is 4. The summed E-state index contributed by atoms with van der Waals surface area (Å²) in [6.07, 6.45) is 6.76. The second-order valence-electron chi connectivity index (χ2n) is 1.72. The van der Waals surface area contributed by atoms with Gasteiger partial charge < -0.3 is 0 Å². The van der Waals surface area contributed by atoms with Gasteiger partial charge in [0.15, 0.2) is 0 Å². The second kappa shape index (κ2) is 3.01. The predicted molar refractivity (Wildman–Crippen MR) is 48.3 cm³/mol. The third-order valence-electron chi connectivity index (χ3n) is 1.02. The Hall–Kier alpha value is 0.690. The summed E-state index contributed by atoms with van der Waals surface area (Å²) in [5.74, 6) is 0. The molecule has 0 N–H and O–H groups in total. The van der Waals surface area contributed by atoms with Gasteiger partial charge in [0.05, 0.1) is 0 Å². The number of rotatable bonds is 0. The average Bonchev–Trinajstić information content (AvgIpc) is 1.64. The monoisotopic (exact) mass is 284 g/mol. The molecule has 1 aliphatic carbocycles. The van der Waals surface area contributed by atoms with Gasteiger partial charge in [-0.15, -0.1) is 0 Å². The van der Waals surface area contributed by atoms with Gasteiger partial charge in [0.25, 0.3) is 0 Å². The molecule has 0 spiro atoms. The van der Waals surface area contributed by atoms with Gasteiger partial charge in [-0.05, 0) is 45.1 Å². The lowest BCUT2D eigenvalue weighted by Gasteiger charge is -2.01. The molecule has 0 bridgehead atoms. The zero-order valence-electron chi connectivity index (χ0n) is 4.32. The van der Waals surface area contributed by atoms with Crippen molar-refractivity contribution >= 4 is 38.5 Å². The fourth-order valence-electron chi connectivity index (χ4n) is 0.629. The van der Waals surface area contributed by atoms with Gasteiger partial charge in [-0.25, -0.2) is 0 Å². The molecule has 0 aliphatic heterocycles. The van der Waals surface area contributed by atoms with E-state index in [0.717, 1.165) is 0 Å². The van der Waals surface area contributed by atoms with Gasteiger partial charge >= 0.3 is 0 Å². The number of hydrogen-bond donors (Lipinski definition) is 0. The van der Waals surface area contributed by atoms with E-state index < -0.39 is 0 Å². The zero-order chi connectivity index (χ0) is 5.98. The SMILES string of the molecule is BrC1=CCCC(I)=C1. The fourth-order valence-corrected chi connectivity index (χ4v) is 2.21. The van der Waals surface area contributed by atoms with Crippen LogP contribution in [0.25, 0.3) is 0 Å². The first-order valence-electron chi connectivity index (χ1n) is 2.51. The minimum atomic E-state index is 1.19. The molecule has 0 aromatic carbocycles. The number of hydrogen-bond acceptors (Lipinski definition) is 0. The van der Waals surface area contributed by atoms with Crippen molar-refractivity contribution < 1.29 is 0 Å². The van der Waals surface area contributed by atoms with E-state index in [-0.39, 0.29) is 0 Å². The van der Waals surface area contributed by atoms with Gasteiger partial charge in [-0.1, -0.05) is 22.0 Å². The third kappa shape index (κ3) is 1.90. The maximum absolute atomic E-state index is 3.41. The topological polar surface area (TPSA) is 0 Å². The smallest absolute Gasteiger partial charge is 0.0142 e. The van der Waals surface area contributed by atoms with Crippen molar-refractivity contribution in [3.63, 3.8) is 0 Å². The summed E-state index contributed by atoms with van der Waals surface area (Å²) in [6.45, 7) is 0. The van der Waals surface area contributed by atoms with Crippen LogP contribution in [0.2, 0.25) is 0 Å². The van der Waals surface area contributed by atoms with Crippen LogP contribution in [0.3, 0.4) is 0 Å². The Bertz CT molecular complexity index is 147. The van der Waals surface area contributed by atoms with Crippen LogP contribution in [0, 0.1) is 0 Å². The van der Waals surface area contributed by atoms with Crippen LogP contribution in [-0.4, -0.2) is 0 Å². The molecule has 1 rings (SSSR count). The van der Waals surface area contributed by atoms with E-state index in [1.54, 1.807) is 0 Å². The summed E-state index contributed by atoms with van der Waals surface area (Å²) in [4.78, 5) is 0. The maximum Gasteiger partial charge on any atom is 0.0142 e. The molecule has 8 heavy (non-hydrogen) atoms. The standard InChI is InChI=1S/C6H6BrI/c7-5-2-1-3-6(8)4-5/h2,4H,1,3H2. The van der Waals surface area contributed by atoms with E-state index >= 15 is 0 Å². The van der Waals surface area contributed by atoms with Crippen LogP contribution in [0.4, 0.5) is 0 Å². The molecule has 0 heterocycles. The molecular weight excluding hydrogens is 279 g/mol. The van der Waals surface area contributed by atoms with E-state index in [9.17, 15) is 0 Å². The summed E-state index contributed by atoms with van der Waals surface area (Å²) in [7, 11) is 0. The van der Waals surface area contributed by atoms with Crippen LogP contribution in [0.5, 0.6) is 0 Å². The second-order valence-corrected chi connectivity index (χ2v) is 4.02. The molecule has 44 valence electrons. The van der Waals surface area contributed by atoms with Gasteiger partial charge in [-0.3, -0.25) is 0 Å². The molecule has 0 unspecified atom stereocenters. The fraction of sp³-hybridized carbons (Fsp3) is 0.333. The molecular formula is C6H6BrI. The Kier molecular flexibility index (Phi) is 2.56. The van der Waals surface area contributed by atoms with Crippen LogP contribution in [0.1, 0.15) is 12.8 Å². The van der Waals surface area contributed by atoms with Crippen molar-refractivity contribution in [1.82, 2.24) is 0 Å². The van der Waals surface area contributed by atoms with Crippen LogP contribution >= 0.6 is 38.5 Å². The Morgan fingerprint density at radius 2 is 2.38 bits per heavy atom. The van der Waals surface area contributed by atoms with E-state index in [4.69, 9.17) is 0 Å². The van der Waals surface area contributed by atoms with Crippen molar-refractivity contribution in [2.75, 3.05) is 0 Å². The molecule has 0 saturated carbocycles. The van der Waals surface area contributed by atoms with Crippen molar-refractivity contribution in [3.05, 3.63) is 20.2 Å². The quantitative estimate of drug-likeness (QED) is 0.598. The van der Waals surface area contributed by atoms with Crippen LogP contribution < -0.4 is 0 Å². The van der Waals surface area contributed by atoms with Gasteiger partial charge in [0.2, 0.25) is 0 Å². The largest absolute Gasteiger partial charge is 0.0699 e. The molecule has 0 fully saturated rings. The molecule has 2 heteroatoms. The van der Waals surface area contributed by atoms with Gasteiger partial charge in [0.1, 0.15) is 0 Å². The molecule has 0 aromatic heterocycles. The molecule has 1 aliphatic rings. The summed E-state index contributed by atoms with van der Waals surface area (Å²) in [6, 6.07) is 0. The highest BCUT2D eigenvalue weighted by molar-refractivity contribution is 14.1. The first-order chi connectivity index (χ1) is 3.79. The Morgan fingerprint density at radius 1 is 1.62 bits per heavy atom. The van der Waals surface area contributed by atoms with Gasteiger partial charge in [0, 0.05) is 4.48 Å². The lowest BCUT2D eigenvalue weighted by atomic mass is 10.2. The first-order valence-corrected chi connectivity index (χ1v) is 4.38. The Labute approximate surface area is 71.3 Å². The first kappa shape index (κ1) is 6.81. The van der Waals surface area contributed by atoms with Crippen molar-refractivity contribution in [2.45, 2.75) is 12.8 Å². The van der Waals surface area contributed by atoms with E-state index in [1.807, 2.05) is 0 Å². The summed E-state index contributed by atoms with van der Waals surface area (Å²) in [5.41, 5.74) is 0. The normalized spacial score (nSPS) is 19.8. The lowest BCUT2D eigenvalue weighted by Crippen LogP contribution is -1.79. The molecule has 0 atom stereocenters. The average molecular weight is 285 g/mol. The van der Waals surface area contributed by atoms with Crippen molar-refractivity contribution in [3.8, 4) is 0 Å². The molecule has 0 nitrogen and oxygen atoms in total. The van der Waals surface area contributed by atoms with Crippen LogP contribution in [-0.2, 0) is 0 Å². The highest BCUT2D eigenvalue weighted by atomic mass is 127. The highest BCUT2D eigenvalue weighted by Gasteiger charge is 1.97. The molecule has 0 saturated heterocycles. The summed E-state index contributed by atoms with van der Waals surface area (Å²) < 4.78 is 2.67. The van der Waals surface area contributed by atoms with Crippen LogP contribution in [0.15, 0.2) is 20.2 Å². The molecule has 0 aromatic rings.